The van der Waals surface area contributed by atoms with E-state index < -0.39 is 0 Å². The maximum absolute atomic E-state index is 12.3. The van der Waals surface area contributed by atoms with Crippen LogP contribution in [0.4, 0.5) is 5.82 Å². The number of thioether (sulfide) groups is 1. The van der Waals surface area contributed by atoms with Gasteiger partial charge in [-0.3, -0.25) is 18.9 Å². The average Bonchev–Trinajstić information content (AvgIpc) is 3.11. The fourth-order valence-electron chi connectivity index (χ4n) is 2.73. The van der Waals surface area contributed by atoms with Crippen LogP contribution >= 0.6 is 11.8 Å². The quantitative estimate of drug-likeness (QED) is 0.565. The molecule has 0 amide bonds. The normalized spacial score (nSPS) is 15.8. The highest BCUT2D eigenvalue weighted by Crippen LogP contribution is 2.24. The van der Waals surface area contributed by atoms with Crippen LogP contribution in [0.1, 0.15) is 45.6 Å². The lowest BCUT2D eigenvalue weighted by atomic mass is 10.1. The number of nitrogens with zero attached hydrogens (tertiary/aromatic N) is 4. The van der Waals surface area contributed by atoms with Crippen molar-refractivity contribution in [2.24, 2.45) is 30.0 Å². The number of hydrogen-bond donors (Lipinski definition) is 0. The highest BCUT2D eigenvalue weighted by molar-refractivity contribution is 8.14. The molecule has 1 aliphatic heterocycles. The van der Waals surface area contributed by atoms with Crippen LogP contribution < -0.4 is 11.2 Å². The molecule has 1 aromatic heterocycles. The smallest absolute Gasteiger partial charge is 0.281 e. The van der Waals surface area contributed by atoms with Gasteiger partial charge in [0, 0.05) is 43.6 Å². The van der Waals surface area contributed by atoms with Gasteiger partial charge in [-0.15, -0.1) is 11.8 Å². The SMILES string of the molecule is CCC1=CCC(CS/C(=N/c2c(C)c(=O)n(C)c(=O)n2C)C(C)CC)=N1. The summed E-state index contributed by atoms with van der Waals surface area (Å²) in [5, 5.41) is 0.937. The molecule has 1 aliphatic rings. The molecule has 142 valence electrons. The number of aliphatic imine (C=N–C) groups is 2. The van der Waals surface area contributed by atoms with Crippen molar-refractivity contribution in [2.45, 2.75) is 47.0 Å². The Hall–Kier alpha value is -1.89. The zero-order chi connectivity index (χ0) is 19.4. The Morgan fingerprint density at radius 1 is 1.31 bits per heavy atom. The summed E-state index contributed by atoms with van der Waals surface area (Å²) in [6.45, 7) is 8.06. The summed E-state index contributed by atoms with van der Waals surface area (Å²) < 4.78 is 2.57. The molecule has 0 aliphatic carbocycles. The maximum Gasteiger partial charge on any atom is 0.332 e. The highest BCUT2D eigenvalue weighted by Gasteiger charge is 2.17. The minimum Gasteiger partial charge on any atom is -0.281 e. The predicted octanol–water partition coefficient (Wildman–Crippen LogP) is 3.34. The summed E-state index contributed by atoms with van der Waals surface area (Å²) in [6.07, 6.45) is 4.96. The van der Waals surface area contributed by atoms with Crippen LogP contribution in [-0.4, -0.2) is 25.6 Å². The van der Waals surface area contributed by atoms with Gasteiger partial charge in [0.05, 0.1) is 10.6 Å². The van der Waals surface area contributed by atoms with Gasteiger partial charge in [-0.25, -0.2) is 9.79 Å². The van der Waals surface area contributed by atoms with Crippen molar-refractivity contribution in [3.63, 3.8) is 0 Å². The van der Waals surface area contributed by atoms with Gasteiger partial charge < -0.3 is 0 Å². The second kappa shape index (κ2) is 8.66. The summed E-state index contributed by atoms with van der Waals surface area (Å²) in [4.78, 5) is 33.9. The van der Waals surface area contributed by atoms with E-state index in [4.69, 9.17) is 4.99 Å². The van der Waals surface area contributed by atoms with E-state index in [0.717, 1.165) is 46.0 Å². The lowest BCUT2D eigenvalue weighted by molar-refractivity contribution is 0.678. The van der Waals surface area contributed by atoms with Gasteiger partial charge in [0.15, 0.2) is 0 Å². The van der Waals surface area contributed by atoms with E-state index in [1.165, 1.54) is 11.6 Å². The molecule has 0 fully saturated rings. The van der Waals surface area contributed by atoms with E-state index in [9.17, 15) is 9.59 Å². The minimum absolute atomic E-state index is 0.249. The van der Waals surface area contributed by atoms with Gasteiger partial charge in [-0.05, 0) is 19.8 Å². The van der Waals surface area contributed by atoms with Crippen molar-refractivity contribution in [1.29, 1.82) is 0 Å². The van der Waals surface area contributed by atoms with E-state index in [1.54, 1.807) is 25.7 Å². The lowest BCUT2D eigenvalue weighted by Crippen LogP contribution is -2.38. The summed E-state index contributed by atoms with van der Waals surface area (Å²) in [5.41, 5.74) is 2.14. The highest BCUT2D eigenvalue weighted by atomic mass is 32.2. The first-order valence-electron chi connectivity index (χ1n) is 9.03. The Labute approximate surface area is 158 Å². The third-order valence-corrected chi connectivity index (χ3v) is 5.99. The molecule has 6 nitrogen and oxygen atoms in total. The molecule has 1 unspecified atom stereocenters. The van der Waals surface area contributed by atoms with Crippen molar-refractivity contribution >= 4 is 28.3 Å². The first-order valence-corrected chi connectivity index (χ1v) is 10.0. The Morgan fingerprint density at radius 3 is 2.58 bits per heavy atom. The fraction of sp³-hybridized carbons (Fsp3) is 0.579. The zero-order valence-electron chi connectivity index (χ0n) is 16.5. The summed E-state index contributed by atoms with van der Waals surface area (Å²) in [6, 6.07) is 0. The fourth-order valence-corrected chi connectivity index (χ4v) is 3.82. The van der Waals surface area contributed by atoms with Crippen LogP contribution in [0.2, 0.25) is 0 Å². The molecule has 2 rings (SSSR count). The molecule has 1 aromatic rings. The first-order chi connectivity index (χ1) is 12.3. The zero-order valence-corrected chi connectivity index (χ0v) is 17.3. The molecular formula is C19H28N4O2S. The summed E-state index contributed by atoms with van der Waals surface area (Å²) in [5.74, 6) is 1.47. The van der Waals surface area contributed by atoms with Crippen LogP contribution in [0.5, 0.6) is 0 Å². The van der Waals surface area contributed by atoms with Crippen molar-refractivity contribution in [2.75, 3.05) is 5.75 Å². The lowest BCUT2D eigenvalue weighted by Gasteiger charge is -2.15. The van der Waals surface area contributed by atoms with Crippen LogP contribution in [0, 0.1) is 12.8 Å². The third-order valence-electron chi connectivity index (χ3n) is 4.73. The summed E-state index contributed by atoms with van der Waals surface area (Å²) >= 11 is 1.65. The van der Waals surface area contributed by atoms with Crippen molar-refractivity contribution < 1.29 is 0 Å². The van der Waals surface area contributed by atoms with Gasteiger partial charge in [-0.2, -0.15) is 0 Å². The minimum atomic E-state index is -0.357. The molecule has 0 spiro atoms. The Kier molecular flexibility index (Phi) is 6.81. The van der Waals surface area contributed by atoms with Crippen LogP contribution in [0.3, 0.4) is 0 Å². The van der Waals surface area contributed by atoms with Gasteiger partial charge >= 0.3 is 5.69 Å². The maximum atomic E-state index is 12.3. The van der Waals surface area contributed by atoms with Gasteiger partial charge in [0.25, 0.3) is 5.56 Å². The summed E-state index contributed by atoms with van der Waals surface area (Å²) in [7, 11) is 3.15. The Bertz CT molecular complexity index is 853. The van der Waals surface area contributed by atoms with Gasteiger partial charge in [0.1, 0.15) is 5.82 Å². The molecule has 0 saturated carbocycles. The molecule has 0 saturated heterocycles. The number of hydrogen-bond acceptors (Lipinski definition) is 5. The predicted molar refractivity (Wildman–Crippen MR) is 111 cm³/mol. The van der Waals surface area contributed by atoms with E-state index in [2.05, 4.69) is 31.8 Å². The average molecular weight is 377 g/mol. The molecular weight excluding hydrogens is 348 g/mol. The largest absolute Gasteiger partial charge is 0.332 e. The third kappa shape index (κ3) is 4.26. The first kappa shape index (κ1) is 20.4. The molecule has 0 bridgehead atoms. The van der Waals surface area contributed by atoms with E-state index in [1.807, 2.05) is 0 Å². The number of rotatable bonds is 6. The van der Waals surface area contributed by atoms with Crippen LogP contribution in [0.25, 0.3) is 0 Å². The molecule has 2 heterocycles. The van der Waals surface area contributed by atoms with Crippen LogP contribution in [-0.2, 0) is 14.1 Å². The molecule has 0 aromatic carbocycles. The molecule has 0 N–H and O–H groups in total. The monoisotopic (exact) mass is 376 g/mol. The van der Waals surface area contributed by atoms with Gasteiger partial charge in [0.2, 0.25) is 0 Å². The molecule has 0 radical (unpaired) electrons. The Balaban J connectivity index is 2.37. The Morgan fingerprint density at radius 2 is 2.00 bits per heavy atom. The van der Waals surface area contributed by atoms with Crippen molar-refractivity contribution in [1.82, 2.24) is 9.13 Å². The standard InChI is InChI=1S/C19H28N4O2S/c1-7-12(3)17(26-11-15-10-9-14(8-2)20-15)21-16-13(4)18(24)23(6)19(25)22(16)5/h9,12H,7-8,10-11H2,1-6H3/b21-17+. The van der Waals surface area contributed by atoms with Crippen molar-refractivity contribution in [3.05, 3.63) is 38.2 Å². The van der Waals surface area contributed by atoms with E-state index in [0.29, 0.717) is 11.4 Å². The molecule has 1 atom stereocenters. The van der Waals surface area contributed by atoms with Crippen molar-refractivity contribution in [3.8, 4) is 0 Å². The number of aromatic nitrogens is 2. The van der Waals surface area contributed by atoms with E-state index in [-0.39, 0.29) is 17.2 Å². The topological polar surface area (TPSA) is 68.7 Å². The van der Waals surface area contributed by atoms with Gasteiger partial charge in [-0.1, -0.05) is 26.8 Å². The number of allylic oxidation sites excluding steroid dienone is 2. The second-order valence-corrected chi connectivity index (χ2v) is 7.63. The molecule has 26 heavy (non-hydrogen) atoms. The second-order valence-electron chi connectivity index (χ2n) is 6.63. The van der Waals surface area contributed by atoms with Crippen LogP contribution in [0.15, 0.2) is 31.3 Å². The molecule has 7 heteroatoms. The van der Waals surface area contributed by atoms with E-state index >= 15 is 0 Å².